The van der Waals surface area contributed by atoms with Gasteiger partial charge in [-0.05, 0) is 13.8 Å². The van der Waals surface area contributed by atoms with Gasteiger partial charge in [-0.25, -0.2) is 0 Å². The molecule has 0 rings (SSSR count). The Kier molecular flexibility index (Phi) is 2.96. The minimum Gasteiger partial charge on any atom is -0.387 e. The highest BCUT2D eigenvalue weighted by Gasteiger charge is 2.06. The molecule has 0 aromatic heterocycles. The molecule has 0 radical (unpaired) electrons. The Balaban J connectivity index is 3.14. The predicted molar refractivity (Wildman–Crippen MR) is 29.0 cm³/mol. The molecule has 0 spiro atoms. The first-order valence-corrected chi connectivity index (χ1v) is 2.66. The second-order valence-corrected chi connectivity index (χ2v) is 1.93. The maximum Gasteiger partial charge on any atom is 0.109 e. The van der Waals surface area contributed by atoms with Crippen LogP contribution in [0.3, 0.4) is 0 Å². The van der Waals surface area contributed by atoms with Crippen molar-refractivity contribution in [2.75, 3.05) is 7.05 Å². The number of likely N-dealkylation sites (N-methyl/N-ethyl adjacent to an activating group) is 1. The number of rotatable bonds is 2. The standard InChI is InChI=1S/C5H13NO/c1-4(6-3)5(2)7/h4-7H,1-3H3/p+1/t4-,5?/m0/s1. The summed E-state index contributed by atoms with van der Waals surface area (Å²) < 4.78 is 0. The van der Waals surface area contributed by atoms with E-state index in [1.807, 2.05) is 19.3 Å². The summed E-state index contributed by atoms with van der Waals surface area (Å²) in [6, 6.07) is 0.333. The molecule has 3 N–H and O–H groups in total. The van der Waals surface area contributed by atoms with E-state index in [4.69, 9.17) is 5.11 Å². The fraction of sp³-hybridized carbons (Fsp3) is 1.00. The second kappa shape index (κ2) is 2.99. The van der Waals surface area contributed by atoms with Crippen LogP contribution in [0.5, 0.6) is 0 Å². The van der Waals surface area contributed by atoms with Gasteiger partial charge in [0.1, 0.15) is 12.1 Å². The molecule has 0 aromatic carbocycles. The summed E-state index contributed by atoms with van der Waals surface area (Å²) in [7, 11) is 1.96. The average molecular weight is 104 g/mol. The van der Waals surface area contributed by atoms with E-state index in [1.165, 1.54) is 0 Å². The van der Waals surface area contributed by atoms with Crippen molar-refractivity contribution in [3.05, 3.63) is 0 Å². The third-order valence-corrected chi connectivity index (χ3v) is 1.29. The first kappa shape index (κ1) is 6.92. The van der Waals surface area contributed by atoms with Crippen molar-refractivity contribution in [3.8, 4) is 0 Å². The second-order valence-electron chi connectivity index (χ2n) is 1.93. The highest BCUT2D eigenvalue weighted by atomic mass is 16.3. The van der Waals surface area contributed by atoms with Crippen LogP contribution in [-0.2, 0) is 0 Å². The Morgan fingerprint density at radius 3 is 1.86 bits per heavy atom. The van der Waals surface area contributed by atoms with Crippen LogP contribution in [-0.4, -0.2) is 24.3 Å². The van der Waals surface area contributed by atoms with Gasteiger partial charge in [-0.2, -0.15) is 0 Å². The van der Waals surface area contributed by atoms with Crippen molar-refractivity contribution in [1.82, 2.24) is 0 Å². The zero-order chi connectivity index (χ0) is 5.86. The van der Waals surface area contributed by atoms with Crippen LogP contribution in [0.2, 0.25) is 0 Å². The average Bonchev–Trinajstić information content (AvgIpc) is 1.65. The van der Waals surface area contributed by atoms with E-state index in [2.05, 4.69) is 0 Å². The number of hydrogen-bond donors (Lipinski definition) is 2. The van der Waals surface area contributed by atoms with E-state index >= 15 is 0 Å². The third kappa shape index (κ3) is 2.60. The van der Waals surface area contributed by atoms with Gasteiger partial charge in [0.25, 0.3) is 0 Å². The van der Waals surface area contributed by atoms with E-state index in [0.717, 1.165) is 0 Å². The quantitative estimate of drug-likeness (QED) is 0.461. The monoisotopic (exact) mass is 104 g/mol. The van der Waals surface area contributed by atoms with Gasteiger partial charge < -0.3 is 10.4 Å². The lowest BCUT2D eigenvalue weighted by Gasteiger charge is -2.08. The fourth-order valence-corrected chi connectivity index (χ4v) is 0.279. The molecule has 2 nitrogen and oxygen atoms in total. The van der Waals surface area contributed by atoms with Crippen LogP contribution in [0, 0.1) is 0 Å². The van der Waals surface area contributed by atoms with Gasteiger partial charge in [-0.15, -0.1) is 0 Å². The van der Waals surface area contributed by atoms with E-state index in [1.54, 1.807) is 6.92 Å². The van der Waals surface area contributed by atoms with Crippen molar-refractivity contribution in [3.63, 3.8) is 0 Å². The molecule has 1 unspecified atom stereocenters. The van der Waals surface area contributed by atoms with Crippen LogP contribution in [0.4, 0.5) is 0 Å². The van der Waals surface area contributed by atoms with Gasteiger partial charge in [-0.3, -0.25) is 0 Å². The number of nitrogens with two attached hydrogens (primary N) is 1. The van der Waals surface area contributed by atoms with Crippen LogP contribution >= 0.6 is 0 Å². The van der Waals surface area contributed by atoms with Gasteiger partial charge >= 0.3 is 0 Å². The SMILES string of the molecule is C[NH2+][C@@H](C)C(C)O. The summed E-state index contributed by atoms with van der Waals surface area (Å²) in [6.45, 7) is 3.79. The molecule has 0 bridgehead atoms. The van der Waals surface area contributed by atoms with E-state index < -0.39 is 0 Å². The van der Waals surface area contributed by atoms with Crippen molar-refractivity contribution in [2.45, 2.75) is 26.0 Å². The Labute approximate surface area is 44.5 Å². The van der Waals surface area contributed by atoms with Crippen molar-refractivity contribution in [2.24, 2.45) is 0 Å². The summed E-state index contributed by atoms with van der Waals surface area (Å²) >= 11 is 0. The highest BCUT2D eigenvalue weighted by molar-refractivity contribution is 4.50. The van der Waals surface area contributed by atoms with E-state index in [-0.39, 0.29) is 6.10 Å². The normalized spacial score (nSPS) is 18.9. The lowest BCUT2D eigenvalue weighted by molar-refractivity contribution is -0.667. The molecule has 0 aliphatic heterocycles. The number of quaternary nitrogens is 1. The Hall–Kier alpha value is -0.0800. The first-order valence-electron chi connectivity index (χ1n) is 2.66. The molecular formula is C5H14NO+. The maximum atomic E-state index is 8.79. The van der Waals surface area contributed by atoms with Gasteiger partial charge in [-0.1, -0.05) is 0 Å². The van der Waals surface area contributed by atoms with E-state index in [9.17, 15) is 0 Å². The largest absolute Gasteiger partial charge is 0.387 e. The zero-order valence-corrected chi connectivity index (χ0v) is 5.18. The smallest absolute Gasteiger partial charge is 0.109 e. The fourth-order valence-electron chi connectivity index (χ4n) is 0.279. The van der Waals surface area contributed by atoms with Crippen molar-refractivity contribution < 1.29 is 10.4 Å². The molecule has 0 aliphatic rings. The Bertz CT molecular complexity index is 45.3. The number of aliphatic hydroxyl groups is 1. The zero-order valence-electron chi connectivity index (χ0n) is 5.18. The lowest BCUT2D eigenvalue weighted by atomic mass is 10.2. The molecule has 0 heterocycles. The Morgan fingerprint density at radius 2 is 1.86 bits per heavy atom. The highest BCUT2D eigenvalue weighted by Crippen LogP contribution is 1.80. The van der Waals surface area contributed by atoms with Gasteiger partial charge in [0, 0.05) is 0 Å². The molecule has 0 fully saturated rings. The molecule has 0 aromatic rings. The number of hydrogen-bond acceptors (Lipinski definition) is 1. The summed E-state index contributed by atoms with van der Waals surface area (Å²) in [5.74, 6) is 0. The number of aliphatic hydroxyl groups excluding tert-OH is 1. The molecule has 0 amide bonds. The maximum absolute atomic E-state index is 8.79. The van der Waals surface area contributed by atoms with E-state index in [0.29, 0.717) is 6.04 Å². The molecule has 2 heteroatoms. The van der Waals surface area contributed by atoms with Crippen LogP contribution in [0.15, 0.2) is 0 Å². The van der Waals surface area contributed by atoms with Gasteiger partial charge in [0.15, 0.2) is 0 Å². The third-order valence-electron chi connectivity index (χ3n) is 1.29. The van der Waals surface area contributed by atoms with Gasteiger partial charge in [0.05, 0.1) is 7.05 Å². The molecular weight excluding hydrogens is 90.1 g/mol. The Morgan fingerprint density at radius 1 is 1.43 bits per heavy atom. The predicted octanol–water partition coefficient (Wildman–Crippen LogP) is -1.05. The van der Waals surface area contributed by atoms with Gasteiger partial charge in [0.2, 0.25) is 0 Å². The molecule has 44 valence electrons. The minimum atomic E-state index is -0.190. The van der Waals surface area contributed by atoms with Crippen LogP contribution in [0.25, 0.3) is 0 Å². The minimum absolute atomic E-state index is 0.190. The van der Waals surface area contributed by atoms with Crippen molar-refractivity contribution >= 4 is 0 Å². The van der Waals surface area contributed by atoms with Crippen molar-refractivity contribution in [1.29, 1.82) is 0 Å². The van der Waals surface area contributed by atoms with Crippen LogP contribution in [0.1, 0.15) is 13.8 Å². The first-order chi connectivity index (χ1) is 3.18. The summed E-state index contributed by atoms with van der Waals surface area (Å²) in [6.07, 6.45) is -0.190. The topological polar surface area (TPSA) is 36.8 Å². The summed E-state index contributed by atoms with van der Waals surface area (Å²) in [5, 5.41) is 10.8. The lowest BCUT2D eigenvalue weighted by Crippen LogP contribution is -2.87. The molecule has 7 heavy (non-hydrogen) atoms. The molecule has 0 saturated carbocycles. The van der Waals surface area contributed by atoms with Crippen LogP contribution < -0.4 is 5.32 Å². The summed E-state index contributed by atoms with van der Waals surface area (Å²) in [4.78, 5) is 0. The molecule has 0 aliphatic carbocycles. The summed E-state index contributed by atoms with van der Waals surface area (Å²) in [5.41, 5.74) is 0. The molecule has 2 atom stereocenters. The molecule has 0 saturated heterocycles.